The van der Waals surface area contributed by atoms with Gasteiger partial charge in [-0.1, -0.05) is 6.92 Å². The highest BCUT2D eigenvalue weighted by Crippen LogP contribution is 2.38. The lowest BCUT2D eigenvalue weighted by Crippen LogP contribution is -2.25. The van der Waals surface area contributed by atoms with Crippen LogP contribution < -0.4 is 5.73 Å². The molecule has 18 heavy (non-hydrogen) atoms. The molecule has 0 bridgehead atoms. The lowest BCUT2D eigenvalue weighted by molar-refractivity contribution is 0.529. The number of nitrogens with two attached hydrogens (primary N) is 1. The Bertz CT molecular complexity index is 464. The van der Waals surface area contributed by atoms with Crippen LogP contribution >= 0.6 is 23.1 Å². The quantitative estimate of drug-likeness (QED) is 0.855. The van der Waals surface area contributed by atoms with Crippen molar-refractivity contribution in [3.05, 3.63) is 46.0 Å². The standard InChI is InChI=1S/C14H19NOS2/c1-3-12(15)14(13-7-6-10(2)18-13)17-9-11-5-4-8-16-11/h4-8,12,14H,3,9,15H2,1-2H3. The second-order valence-corrected chi connectivity index (χ2v) is 6.78. The molecule has 2 aromatic heterocycles. The number of hydrogen-bond donors (Lipinski definition) is 1. The molecule has 0 saturated heterocycles. The Labute approximate surface area is 117 Å². The Balaban J connectivity index is 2.05. The first kappa shape index (κ1) is 13.7. The van der Waals surface area contributed by atoms with E-state index in [4.69, 9.17) is 10.2 Å². The molecule has 0 fully saturated rings. The minimum atomic E-state index is 0.197. The van der Waals surface area contributed by atoms with E-state index in [-0.39, 0.29) is 6.04 Å². The summed E-state index contributed by atoms with van der Waals surface area (Å²) in [7, 11) is 0. The molecule has 0 spiro atoms. The van der Waals surface area contributed by atoms with Crippen molar-refractivity contribution in [3.8, 4) is 0 Å². The maximum absolute atomic E-state index is 6.25. The fourth-order valence-corrected chi connectivity index (χ4v) is 4.28. The van der Waals surface area contributed by atoms with Crippen LogP contribution in [0.15, 0.2) is 34.9 Å². The van der Waals surface area contributed by atoms with Gasteiger partial charge in [0.25, 0.3) is 0 Å². The van der Waals surface area contributed by atoms with Gasteiger partial charge in [0.2, 0.25) is 0 Å². The molecular weight excluding hydrogens is 262 g/mol. The lowest BCUT2D eigenvalue weighted by Gasteiger charge is -2.20. The summed E-state index contributed by atoms with van der Waals surface area (Å²) >= 11 is 3.72. The fraction of sp³-hybridized carbons (Fsp3) is 0.429. The number of rotatable bonds is 6. The molecule has 0 radical (unpaired) electrons. The Morgan fingerprint density at radius 1 is 1.39 bits per heavy atom. The zero-order chi connectivity index (χ0) is 13.0. The zero-order valence-electron chi connectivity index (χ0n) is 10.8. The first-order chi connectivity index (χ1) is 8.70. The van der Waals surface area contributed by atoms with Crippen molar-refractivity contribution in [1.82, 2.24) is 0 Å². The summed E-state index contributed by atoms with van der Waals surface area (Å²) in [5.74, 6) is 1.89. The van der Waals surface area contributed by atoms with Gasteiger partial charge in [-0.3, -0.25) is 0 Å². The van der Waals surface area contributed by atoms with E-state index in [2.05, 4.69) is 26.0 Å². The lowest BCUT2D eigenvalue weighted by atomic mass is 10.1. The van der Waals surface area contributed by atoms with Gasteiger partial charge < -0.3 is 10.2 Å². The second kappa shape index (κ2) is 6.45. The summed E-state index contributed by atoms with van der Waals surface area (Å²) in [5, 5.41) is 0.360. The van der Waals surface area contributed by atoms with Crippen LogP contribution in [-0.2, 0) is 5.75 Å². The van der Waals surface area contributed by atoms with E-state index >= 15 is 0 Å². The fourth-order valence-electron chi connectivity index (χ4n) is 1.80. The van der Waals surface area contributed by atoms with E-state index in [1.54, 1.807) is 6.26 Å². The van der Waals surface area contributed by atoms with Crippen LogP contribution in [-0.4, -0.2) is 6.04 Å². The summed E-state index contributed by atoms with van der Waals surface area (Å²) in [5.41, 5.74) is 6.25. The highest BCUT2D eigenvalue weighted by atomic mass is 32.2. The van der Waals surface area contributed by atoms with E-state index in [1.807, 2.05) is 35.2 Å². The Morgan fingerprint density at radius 2 is 2.22 bits per heavy atom. The molecule has 2 atom stereocenters. The van der Waals surface area contributed by atoms with E-state index in [9.17, 15) is 0 Å². The van der Waals surface area contributed by atoms with Gasteiger partial charge in [-0.25, -0.2) is 0 Å². The van der Waals surface area contributed by atoms with Crippen molar-refractivity contribution >= 4 is 23.1 Å². The van der Waals surface area contributed by atoms with Gasteiger partial charge in [-0.15, -0.1) is 23.1 Å². The summed E-state index contributed by atoms with van der Waals surface area (Å²) < 4.78 is 5.38. The first-order valence-corrected chi connectivity index (χ1v) is 8.03. The summed E-state index contributed by atoms with van der Waals surface area (Å²) in [6.45, 7) is 4.28. The van der Waals surface area contributed by atoms with Crippen molar-refractivity contribution in [2.45, 2.75) is 37.3 Å². The average molecular weight is 281 g/mol. The predicted octanol–water partition coefficient (Wildman–Crippen LogP) is 4.36. The Kier molecular flexibility index (Phi) is 4.92. The van der Waals surface area contributed by atoms with Crippen molar-refractivity contribution in [1.29, 1.82) is 0 Å². The molecule has 0 aromatic carbocycles. The zero-order valence-corrected chi connectivity index (χ0v) is 12.4. The van der Waals surface area contributed by atoms with Crippen LogP contribution in [0.4, 0.5) is 0 Å². The highest BCUT2D eigenvalue weighted by molar-refractivity contribution is 7.98. The Morgan fingerprint density at radius 3 is 2.78 bits per heavy atom. The molecule has 0 amide bonds. The van der Waals surface area contributed by atoms with Crippen LogP contribution in [0.3, 0.4) is 0 Å². The number of hydrogen-bond acceptors (Lipinski definition) is 4. The maximum Gasteiger partial charge on any atom is 0.113 e. The third kappa shape index (κ3) is 3.40. The van der Waals surface area contributed by atoms with Crippen LogP contribution in [0.25, 0.3) is 0 Å². The normalized spacial score (nSPS) is 14.6. The summed E-state index contributed by atoms with van der Waals surface area (Å²) in [4.78, 5) is 2.72. The van der Waals surface area contributed by atoms with Crippen molar-refractivity contribution in [2.75, 3.05) is 0 Å². The molecule has 2 aromatic rings. The monoisotopic (exact) mass is 281 g/mol. The molecule has 2 heterocycles. The Hall–Kier alpha value is -0.710. The van der Waals surface area contributed by atoms with Crippen molar-refractivity contribution in [2.24, 2.45) is 5.73 Å². The van der Waals surface area contributed by atoms with E-state index < -0.39 is 0 Å². The van der Waals surface area contributed by atoms with Gasteiger partial charge in [0, 0.05) is 15.8 Å². The maximum atomic E-state index is 6.25. The SMILES string of the molecule is CCC(N)C(SCc1ccco1)c1ccc(C)s1. The summed E-state index contributed by atoms with van der Waals surface area (Å²) in [6.07, 6.45) is 2.71. The van der Waals surface area contributed by atoms with Gasteiger partial charge in [0.1, 0.15) is 5.76 Å². The second-order valence-electron chi connectivity index (χ2n) is 4.33. The van der Waals surface area contributed by atoms with Crippen LogP contribution in [0, 0.1) is 6.92 Å². The van der Waals surface area contributed by atoms with Crippen LogP contribution in [0.1, 0.15) is 34.1 Å². The highest BCUT2D eigenvalue weighted by Gasteiger charge is 2.21. The molecular formula is C14H19NOS2. The third-order valence-corrected chi connectivity index (χ3v) is 5.53. The minimum Gasteiger partial charge on any atom is -0.468 e. The molecule has 0 aliphatic rings. The third-order valence-electron chi connectivity index (χ3n) is 2.89. The molecule has 4 heteroatoms. The minimum absolute atomic E-state index is 0.197. The van der Waals surface area contributed by atoms with Gasteiger partial charge in [0.05, 0.1) is 17.3 Å². The number of thiophene rings is 1. The molecule has 98 valence electrons. The largest absolute Gasteiger partial charge is 0.468 e. The number of thioether (sulfide) groups is 1. The molecule has 0 saturated carbocycles. The molecule has 0 aliphatic heterocycles. The van der Waals surface area contributed by atoms with Gasteiger partial charge in [0.15, 0.2) is 0 Å². The molecule has 2 unspecified atom stereocenters. The predicted molar refractivity (Wildman–Crippen MR) is 80.1 cm³/mol. The average Bonchev–Trinajstić information content (AvgIpc) is 3.01. The molecule has 2 N–H and O–H groups in total. The van der Waals surface area contributed by atoms with Gasteiger partial charge in [-0.2, -0.15) is 0 Å². The number of aryl methyl sites for hydroxylation is 1. The van der Waals surface area contributed by atoms with Crippen LogP contribution in [0.2, 0.25) is 0 Å². The molecule has 2 nitrogen and oxygen atoms in total. The molecule has 0 aliphatic carbocycles. The topological polar surface area (TPSA) is 39.2 Å². The summed E-state index contributed by atoms with van der Waals surface area (Å²) in [6, 6.07) is 8.52. The first-order valence-electron chi connectivity index (χ1n) is 6.16. The smallest absolute Gasteiger partial charge is 0.113 e. The van der Waals surface area contributed by atoms with Crippen molar-refractivity contribution in [3.63, 3.8) is 0 Å². The van der Waals surface area contributed by atoms with E-state index in [1.165, 1.54) is 9.75 Å². The van der Waals surface area contributed by atoms with E-state index in [0.29, 0.717) is 5.25 Å². The van der Waals surface area contributed by atoms with Gasteiger partial charge in [-0.05, 0) is 37.6 Å². The van der Waals surface area contributed by atoms with Crippen molar-refractivity contribution < 1.29 is 4.42 Å². The number of furan rings is 1. The van der Waals surface area contributed by atoms with E-state index in [0.717, 1.165) is 17.9 Å². The van der Waals surface area contributed by atoms with Gasteiger partial charge >= 0.3 is 0 Å². The molecule has 2 rings (SSSR count). The van der Waals surface area contributed by atoms with Crippen LogP contribution in [0.5, 0.6) is 0 Å².